The lowest BCUT2D eigenvalue weighted by molar-refractivity contribution is -0.138. The highest BCUT2D eigenvalue weighted by molar-refractivity contribution is 6.49. The fourth-order valence-corrected chi connectivity index (χ4v) is 5.69. The second-order valence-electron chi connectivity index (χ2n) is 11.8. The van der Waals surface area contributed by atoms with Crippen LogP contribution in [-0.4, -0.2) is 73.8 Å². The van der Waals surface area contributed by atoms with E-state index in [2.05, 4.69) is 13.2 Å². The largest absolute Gasteiger partial charge is 0.513 e. The molecule has 0 spiro atoms. The van der Waals surface area contributed by atoms with Crippen molar-refractivity contribution in [1.29, 1.82) is 0 Å². The molecule has 0 radical (unpaired) electrons. The Labute approximate surface area is 320 Å². The Bertz CT molecular complexity index is 1630. The molecule has 1 saturated carbocycles. The van der Waals surface area contributed by atoms with Crippen LogP contribution in [0.1, 0.15) is 72.1 Å². The van der Waals surface area contributed by atoms with Crippen molar-refractivity contribution in [3.05, 3.63) is 82.9 Å². The zero-order valence-corrected chi connectivity index (χ0v) is 30.7. The van der Waals surface area contributed by atoms with E-state index in [1.54, 1.807) is 0 Å². The van der Waals surface area contributed by atoms with E-state index in [1.807, 2.05) is 0 Å². The third-order valence-electron chi connectivity index (χ3n) is 8.03. The summed E-state index contributed by atoms with van der Waals surface area (Å²) in [6.45, 7) is 6.86. The van der Waals surface area contributed by atoms with Gasteiger partial charge in [0.05, 0.1) is 36.5 Å². The van der Waals surface area contributed by atoms with Crippen molar-refractivity contribution in [1.82, 2.24) is 0 Å². The number of ether oxygens (including phenoxy) is 6. The van der Waals surface area contributed by atoms with Crippen LogP contribution < -0.4 is 9.47 Å². The van der Waals surface area contributed by atoms with E-state index in [0.29, 0.717) is 25.7 Å². The van der Waals surface area contributed by atoms with Gasteiger partial charge in [0.1, 0.15) is 11.5 Å². The first-order valence-corrected chi connectivity index (χ1v) is 17.6. The Hall–Kier alpha value is -5.34. The van der Waals surface area contributed by atoms with Crippen LogP contribution in [0.15, 0.2) is 61.7 Å². The first kappa shape index (κ1) is 43.1. The molecule has 16 heteroatoms. The number of esters is 2. The standard InChI is InChI=1S/C38H38Cl2O14/c1-3-31(41)49-17-5-7-19-51-37(47)53-25-13-15-27(29(39)21-25)35(45)33(43)23-9-11-24(12-10-23)34(44)36(46)28-16-14-26(22-30(28)40)54-38(48)52-20-8-6-18-50-32(42)4-2/h3-4,13-16,21-24H,1-2,5-12,17-20H2/t23-,24-. The highest BCUT2D eigenvalue weighted by Gasteiger charge is 2.36. The molecule has 14 nitrogen and oxygen atoms in total. The molecule has 2 aromatic rings. The molecular weight excluding hydrogens is 751 g/mol. The van der Waals surface area contributed by atoms with Crippen molar-refractivity contribution >= 4 is 70.6 Å². The molecule has 0 aliphatic heterocycles. The number of carbonyl (C=O) groups is 8. The molecule has 1 aliphatic rings. The molecular formula is C38H38Cl2O14. The van der Waals surface area contributed by atoms with Crippen LogP contribution in [-0.2, 0) is 38.1 Å². The Morgan fingerprint density at radius 2 is 0.889 bits per heavy atom. The fourth-order valence-electron chi connectivity index (χ4n) is 5.17. The molecule has 288 valence electrons. The lowest BCUT2D eigenvalue weighted by Crippen LogP contribution is -2.32. The average molecular weight is 790 g/mol. The lowest BCUT2D eigenvalue weighted by Gasteiger charge is -2.26. The summed E-state index contributed by atoms with van der Waals surface area (Å²) in [5, 5.41) is -0.244. The van der Waals surface area contributed by atoms with E-state index in [4.69, 9.17) is 51.6 Å². The second kappa shape index (κ2) is 22.0. The molecule has 0 saturated heterocycles. The van der Waals surface area contributed by atoms with E-state index in [1.165, 1.54) is 36.4 Å². The topological polar surface area (TPSA) is 192 Å². The SMILES string of the molecule is C=CC(=O)OCCCCOC(=O)Oc1ccc(C(=O)C(=O)[C@H]2CC[C@H](C(=O)C(=O)c3ccc(OC(=O)OCCCCOC(=O)C=C)cc3Cl)CC2)c(Cl)c1. The summed E-state index contributed by atoms with van der Waals surface area (Å²) in [7, 11) is 0. The summed E-state index contributed by atoms with van der Waals surface area (Å²) in [6, 6.07) is 7.48. The third-order valence-corrected chi connectivity index (χ3v) is 8.65. The predicted molar refractivity (Wildman–Crippen MR) is 192 cm³/mol. The van der Waals surface area contributed by atoms with Gasteiger partial charge in [-0.2, -0.15) is 0 Å². The van der Waals surface area contributed by atoms with Crippen molar-refractivity contribution in [3.8, 4) is 11.5 Å². The number of carbonyl (C=O) groups excluding carboxylic acids is 8. The number of benzene rings is 2. The van der Waals surface area contributed by atoms with E-state index in [9.17, 15) is 38.4 Å². The van der Waals surface area contributed by atoms with Gasteiger partial charge >= 0.3 is 24.2 Å². The van der Waals surface area contributed by atoms with Gasteiger partial charge in [-0.25, -0.2) is 19.2 Å². The number of rotatable bonds is 20. The molecule has 0 amide bonds. The lowest BCUT2D eigenvalue weighted by atomic mass is 9.76. The molecule has 0 atom stereocenters. The highest BCUT2D eigenvalue weighted by Crippen LogP contribution is 2.33. The van der Waals surface area contributed by atoms with Crippen molar-refractivity contribution in [2.45, 2.75) is 51.4 Å². The maximum Gasteiger partial charge on any atom is 0.513 e. The fraction of sp³-hybridized carbons (Fsp3) is 0.368. The zero-order valence-electron chi connectivity index (χ0n) is 29.1. The van der Waals surface area contributed by atoms with Gasteiger partial charge in [0, 0.05) is 47.2 Å². The number of hydrogen-bond acceptors (Lipinski definition) is 14. The minimum absolute atomic E-state index is 0.00382. The van der Waals surface area contributed by atoms with Gasteiger partial charge in [0.2, 0.25) is 23.1 Å². The molecule has 3 rings (SSSR count). The molecule has 1 aliphatic carbocycles. The number of unbranched alkanes of at least 4 members (excludes halogenated alkanes) is 2. The number of hydrogen-bond donors (Lipinski definition) is 0. The van der Waals surface area contributed by atoms with Crippen LogP contribution in [0.5, 0.6) is 11.5 Å². The Kier molecular flexibility index (Phi) is 17.6. The van der Waals surface area contributed by atoms with Gasteiger partial charge in [0.15, 0.2) is 0 Å². The van der Waals surface area contributed by atoms with Gasteiger partial charge in [-0.3, -0.25) is 19.2 Å². The Balaban J connectivity index is 1.43. The van der Waals surface area contributed by atoms with Crippen molar-refractivity contribution in [2.75, 3.05) is 26.4 Å². The van der Waals surface area contributed by atoms with Crippen LogP contribution in [0, 0.1) is 11.8 Å². The van der Waals surface area contributed by atoms with Gasteiger partial charge in [0.25, 0.3) is 0 Å². The molecule has 0 heterocycles. The van der Waals surface area contributed by atoms with Crippen LogP contribution in [0.3, 0.4) is 0 Å². The number of halogens is 2. The number of Topliss-reactive ketones (excluding diaryl/α,β-unsaturated/α-hetero) is 4. The van der Waals surface area contributed by atoms with Gasteiger partial charge in [-0.1, -0.05) is 36.4 Å². The quantitative estimate of drug-likeness (QED) is 0.0252. The normalized spacial score (nSPS) is 14.8. The van der Waals surface area contributed by atoms with E-state index in [0.717, 1.165) is 12.2 Å². The summed E-state index contributed by atoms with van der Waals surface area (Å²) >= 11 is 12.5. The van der Waals surface area contributed by atoms with Crippen molar-refractivity contribution < 1.29 is 66.8 Å². The first-order chi connectivity index (χ1) is 25.8. The summed E-state index contributed by atoms with van der Waals surface area (Å²) in [5.41, 5.74) is -0.187. The van der Waals surface area contributed by atoms with Crippen LogP contribution in [0.25, 0.3) is 0 Å². The van der Waals surface area contributed by atoms with E-state index >= 15 is 0 Å². The molecule has 54 heavy (non-hydrogen) atoms. The second-order valence-corrected chi connectivity index (χ2v) is 12.6. The third kappa shape index (κ3) is 13.6. The maximum absolute atomic E-state index is 13.1. The Morgan fingerprint density at radius 3 is 1.20 bits per heavy atom. The van der Waals surface area contributed by atoms with E-state index in [-0.39, 0.29) is 84.8 Å². The van der Waals surface area contributed by atoms with Gasteiger partial charge in [-0.15, -0.1) is 0 Å². The summed E-state index contributed by atoms with van der Waals surface area (Å²) < 4.78 is 29.7. The van der Waals surface area contributed by atoms with Crippen LogP contribution in [0.2, 0.25) is 10.0 Å². The molecule has 2 aromatic carbocycles. The van der Waals surface area contributed by atoms with Crippen LogP contribution >= 0.6 is 23.2 Å². The van der Waals surface area contributed by atoms with Gasteiger partial charge < -0.3 is 28.4 Å². The first-order valence-electron chi connectivity index (χ1n) is 16.9. The van der Waals surface area contributed by atoms with E-state index < -0.39 is 59.2 Å². The molecule has 1 fully saturated rings. The monoisotopic (exact) mass is 788 g/mol. The van der Waals surface area contributed by atoms with Gasteiger partial charge in [-0.05, 0) is 75.6 Å². The minimum Gasteiger partial charge on any atom is -0.463 e. The zero-order chi connectivity index (χ0) is 39.6. The summed E-state index contributed by atoms with van der Waals surface area (Å²) in [5.74, 6) is -5.63. The predicted octanol–water partition coefficient (Wildman–Crippen LogP) is 7.05. The minimum atomic E-state index is -1.02. The maximum atomic E-state index is 13.1. The van der Waals surface area contributed by atoms with Crippen molar-refractivity contribution in [3.63, 3.8) is 0 Å². The highest BCUT2D eigenvalue weighted by atomic mass is 35.5. The molecule has 0 unspecified atom stereocenters. The molecule has 0 aromatic heterocycles. The Morgan fingerprint density at radius 1 is 0.556 bits per heavy atom. The van der Waals surface area contributed by atoms with Crippen molar-refractivity contribution in [2.24, 2.45) is 11.8 Å². The summed E-state index contributed by atoms with van der Waals surface area (Å²) in [6.07, 6.45) is 2.47. The molecule has 0 N–H and O–H groups in total. The number of ketones is 4. The van der Waals surface area contributed by atoms with Crippen LogP contribution in [0.4, 0.5) is 9.59 Å². The average Bonchev–Trinajstić information content (AvgIpc) is 3.16. The molecule has 0 bridgehead atoms. The summed E-state index contributed by atoms with van der Waals surface area (Å²) in [4.78, 5) is 98.3. The smallest absolute Gasteiger partial charge is 0.463 e.